The summed E-state index contributed by atoms with van der Waals surface area (Å²) in [6.45, 7) is 1.88. The topological polar surface area (TPSA) is 64.9 Å². The highest BCUT2D eigenvalue weighted by Gasteiger charge is 2.18. The first-order valence-electron chi connectivity index (χ1n) is 5.89. The lowest BCUT2D eigenvalue weighted by Crippen LogP contribution is -2.18. The van der Waals surface area contributed by atoms with Gasteiger partial charge in [-0.1, -0.05) is 15.9 Å². The quantitative estimate of drug-likeness (QED) is 0.900. The zero-order valence-electron chi connectivity index (χ0n) is 9.87. The summed E-state index contributed by atoms with van der Waals surface area (Å²) in [5.41, 5.74) is 1.05. The number of anilines is 1. The van der Waals surface area contributed by atoms with Crippen molar-refractivity contribution in [2.75, 3.05) is 18.4 Å². The normalized spacial score (nSPS) is 18.3. The highest BCUT2D eigenvalue weighted by Crippen LogP contribution is 2.22. The Labute approximate surface area is 115 Å². The second-order valence-corrected chi connectivity index (χ2v) is 5.33. The second kappa shape index (κ2) is 5.98. The largest absolute Gasteiger partial charge is 0.325 e. The van der Waals surface area contributed by atoms with E-state index in [0.717, 1.165) is 24.0 Å². The van der Waals surface area contributed by atoms with E-state index in [4.69, 9.17) is 5.26 Å². The number of halogens is 1. The monoisotopic (exact) mass is 307 g/mol. The smallest absolute Gasteiger partial charge is 0.224 e. The van der Waals surface area contributed by atoms with Crippen LogP contribution in [0.25, 0.3) is 0 Å². The molecule has 0 bridgehead atoms. The van der Waals surface area contributed by atoms with Gasteiger partial charge in [0.15, 0.2) is 0 Å². The third-order valence-electron chi connectivity index (χ3n) is 3.01. The maximum atomic E-state index is 11.9. The molecule has 2 rings (SSSR count). The summed E-state index contributed by atoms with van der Waals surface area (Å²) in [6, 6.07) is 7.31. The van der Waals surface area contributed by atoms with Gasteiger partial charge in [-0.3, -0.25) is 4.79 Å². The molecule has 1 aromatic carbocycles. The lowest BCUT2D eigenvalue weighted by molar-refractivity contribution is -0.116. The maximum absolute atomic E-state index is 11.9. The van der Waals surface area contributed by atoms with Gasteiger partial charge in [-0.05, 0) is 43.6 Å². The SMILES string of the molecule is N#Cc1ccc(Br)cc1NC(=O)CC1CCNC1. The van der Waals surface area contributed by atoms with Crippen molar-refractivity contribution >= 4 is 27.5 Å². The fourth-order valence-corrected chi connectivity index (χ4v) is 2.43. The summed E-state index contributed by atoms with van der Waals surface area (Å²) in [7, 11) is 0. The first kappa shape index (κ1) is 13.1. The molecule has 4 nitrogen and oxygen atoms in total. The van der Waals surface area contributed by atoms with Gasteiger partial charge < -0.3 is 10.6 Å². The predicted molar refractivity (Wildman–Crippen MR) is 73.1 cm³/mol. The van der Waals surface area contributed by atoms with E-state index in [0.29, 0.717) is 23.6 Å². The molecule has 1 saturated heterocycles. The minimum atomic E-state index is -0.0294. The van der Waals surface area contributed by atoms with Crippen LogP contribution >= 0.6 is 15.9 Å². The van der Waals surface area contributed by atoms with Gasteiger partial charge in [-0.15, -0.1) is 0 Å². The number of carbonyl (C=O) groups excluding carboxylic acids is 1. The molecule has 0 spiro atoms. The van der Waals surface area contributed by atoms with Crippen molar-refractivity contribution in [1.82, 2.24) is 5.32 Å². The number of nitriles is 1. The third kappa shape index (κ3) is 3.31. The number of carbonyl (C=O) groups is 1. The average Bonchev–Trinajstić information content (AvgIpc) is 2.82. The molecule has 0 aromatic heterocycles. The number of hydrogen-bond acceptors (Lipinski definition) is 3. The van der Waals surface area contributed by atoms with Crippen molar-refractivity contribution in [1.29, 1.82) is 5.26 Å². The highest BCUT2D eigenvalue weighted by atomic mass is 79.9. The zero-order valence-corrected chi connectivity index (χ0v) is 11.5. The molecule has 1 heterocycles. The minimum Gasteiger partial charge on any atom is -0.325 e. The van der Waals surface area contributed by atoms with Crippen molar-refractivity contribution in [3.63, 3.8) is 0 Å². The molecule has 0 saturated carbocycles. The Balaban J connectivity index is 2.02. The number of rotatable bonds is 3. The first-order valence-corrected chi connectivity index (χ1v) is 6.68. The molecule has 1 aliphatic heterocycles. The van der Waals surface area contributed by atoms with E-state index in [1.807, 2.05) is 0 Å². The highest BCUT2D eigenvalue weighted by molar-refractivity contribution is 9.10. The van der Waals surface area contributed by atoms with Crippen LogP contribution in [0.4, 0.5) is 5.69 Å². The van der Waals surface area contributed by atoms with E-state index in [1.165, 1.54) is 0 Å². The van der Waals surface area contributed by atoms with Crippen LogP contribution in [0.1, 0.15) is 18.4 Å². The van der Waals surface area contributed by atoms with Crippen LogP contribution in [0.5, 0.6) is 0 Å². The molecule has 1 unspecified atom stereocenters. The molecule has 1 aromatic rings. The number of amides is 1. The summed E-state index contributed by atoms with van der Waals surface area (Å²) < 4.78 is 0.847. The molecule has 0 aliphatic carbocycles. The average molecular weight is 308 g/mol. The Bertz CT molecular complexity index is 489. The van der Waals surface area contributed by atoms with Crippen molar-refractivity contribution < 1.29 is 4.79 Å². The van der Waals surface area contributed by atoms with Crippen molar-refractivity contribution in [3.05, 3.63) is 28.2 Å². The van der Waals surface area contributed by atoms with Gasteiger partial charge in [0.05, 0.1) is 11.3 Å². The molecule has 1 atom stereocenters. The number of hydrogen-bond donors (Lipinski definition) is 2. The van der Waals surface area contributed by atoms with Gasteiger partial charge in [0.2, 0.25) is 5.91 Å². The molecule has 2 N–H and O–H groups in total. The standard InChI is InChI=1S/C13H14BrN3O/c14-11-2-1-10(7-15)12(6-11)17-13(18)5-9-3-4-16-8-9/h1-2,6,9,16H,3-5,8H2,(H,17,18). The van der Waals surface area contributed by atoms with Gasteiger partial charge in [0.1, 0.15) is 6.07 Å². The van der Waals surface area contributed by atoms with Crippen LogP contribution in [0.3, 0.4) is 0 Å². The lowest BCUT2D eigenvalue weighted by atomic mass is 10.0. The van der Waals surface area contributed by atoms with E-state index >= 15 is 0 Å². The van der Waals surface area contributed by atoms with Crippen LogP contribution in [-0.4, -0.2) is 19.0 Å². The molecule has 0 radical (unpaired) electrons. The van der Waals surface area contributed by atoms with Gasteiger partial charge in [0.25, 0.3) is 0 Å². The molecule has 1 aliphatic rings. The minimum absolute atomic E-state index is 0.0294. The fourth-order valence-electron chi connectivity index (χ4n) is 2.07. The van der Waals surface area contributed by atoms with E-state index < -0.39 is 0 Å². The Morgan fingerprint density at radius 2 is 2.44 bits per heavy atom. The molecule has 1 amide bonds. The van der Waals surface area contributed by atoms with Crippen LogP contribution in [0.2, 0.25) is 0 Å². The van der Waals surface area contributed by atoms with Crippen LogP contribution in [-0.2, 0) is 4.79 Å². The molecular formula is C13H14BrN3O. The van der Waals surface area contributed by atoms with Crippen molar-refractivity contribution in [2.24, 2.45) is 5.92 Å². The third-order valence-corrected chi connectivity index (χ3v) is 3.51. The summed E-state index contributed by atoms with van der Waals surface area (Å²) >= 11 is 3.33. The van der Waals surface area contributed by atoms with E-state index in [1.54, 1.807) is 18.2 Å². The van der Waals surface area contributed by atoms with Crippen LogP contribution < -0.4 is 10.6 Å². The lowest BCUT2D eigenvalue weighted by Gasteiger charge is -2.10. The molecular weight excluding hydrogens is 294 g/mol. The Morgan fingerprint density at radius 3 is 3.11 bits per heavy atom. The van der Waals surface area contributed by atoms with Crippen molar-refractivity contribution in [2.45, 2.75) is 12.8 Å². The van der Waals surface area contributed by atoms with Gasteiger partial charge in [0, 0.05) is 10.9 Å². The molecule has 18 heavy (non-hydrogen) atoms. The number of benzene rings is 1. The van der Waals surface area contributed by atoms with Gasteiger partial charge >= 0.3 is 0 Å². The molecule has 94 valence electrons. The summed E-state index contributed by atoms with van der Waals surface area (Å²) in [6.07, 6.45) is 1.54. The summed E-state index contributed by atoms with van der Waals surface area (Å²) in [4.78, 5) is 11.9. The second-order valence-electron chi connectivity index (χ2n) is 4.41. The number of nitrogens with one attached hydrogen (secondary N) is 2. The van der Waals surface area contributed by atoms with E-state index in [2.05, 4.69) is 32.6 Å². The maximum Gasteiger partial charge on any atom is 0.224 e. The first-order chi connectivity index (χ1) is 8.69. The Hall–Kier alpha value is -1.38. The zero-order chi connectivity index (χ0) is 13.0. The van der Waals surface area contributed by atoms with Gasteiger partial charge in [-0.25, -0.2) is 0 Å². The van der Waals surface area contributed by atoms with E-state index in [-0.39, 0.29) is 5.91 Å². The van der Waals surface area contributed by atoms with Gasteiger partial charge in [-0.2, -0.15) is 5.26 Å². The Morgan fingerprint density at radius 1 is 1.61 bits per heavy atom. The Kier molecular flexibility index (Phi) is 4.34. The fraction of sp³-hybridized carbons (Fsp3) is 0.385. The van der Waals surface area contributed by atoms with Crippen LogP contribution in [0, 0.1) is 17.2 Å². The molecule has 1 fully saturated rings. The summed E-state index contributed by atoms with van der Waals surface area (Å²) in [5, 5.41) is 15.0. The van der Waals surface area contributed by atoms with Crippen LogP contribution in [0.15, 0.2) is 22.7 Å². The van der Waals surface area contributed by atoms with Crippen molar-refractivity contribution in [3.8, 4) is 6.07 Å². The molecule has 5 heteroatoms. The number of nitrogens with zero attached hydrogens (tertiary/aromatic N) is 1. The predicted octanol–water partition coefficient (Wildman–Crippen LogP) is 2.26. The van der Waals surface area contributed by atoms with E-state index in [9.17, 15) is 4.79 Å². The summed E-state index contributed by atoms with van der Waals surface area (Å²) in [5.74, 6) is 0.376.